The molecule has 4 rings (SSSR count). The number of ether oxygens (including phenoxy) is 2. The zero-order valence-corrected chi connectivity index (χ0v) is 18.6. The highest BCUT2D eigenvalue weighted by molar-refractivity contribution is 6.01. The monoisotopic (exact) mass is 433 g/mol. The van der Waals surface area contributed by atoms with E-state index < -0.39 is 0 Å². The third kappa shape index (κ3) is 4.76. The van der Waals surface area contributed by atoms with Crippen LogP contribution in [0.3, 0.4) is 0 Å². The Morgan fingerprint density at radius 3 is 2.66 bits per heavy atom. The van der Waals surface area contributed by atoms with Crippen LogP contribution in [0.15, 0.2) is 47.6 Å². The summed E-state index contributed by atoms with van der Waals surface area (Å²) in [6.07, 6.45) is 0.423. The van der Waals surface area contributed by atoms with Gasteiger partial charge in [0.15, 0.2) is 6.10 Å². The first-order valence-corrected chi connectivity index (χ1v) is 10.8. The molecular weight excluding hydrogens is 406 g/mol. The number of rotatable bonds is 7. The number of oxime groups is 1. The molecule has 0 aromatic heterocycles. The van der Waals surface area contributed by atoms with Gasteiger partial charge in [-0.15, -0.1) is 0 Å². The lowest BCUT2D eigenvalue weighted by atomic mass is 9.97. The Balaban J connectivity index is 1.35. The Hall–Kier alpha value is -3.37. The average Bonchev–Trinajstić information content (AvgIpc) is 3.26. The fourth-order valence-corrected chi connectivity index (χ4v) is 3.99. The number of benzene rings is 2. The second-order valence-corrected chi connectivity index (χ2v) is 8.48. The van der Waals surface area contributed by atoms with Crippen molar-refractivity contribution in [1.29, 1.82) is 5.26 Å². The molecular formula is C25H27N3O4. The maximum Gasteiger partial charge on any atom is 0.311 e. The van der Waals surface area contributed by atoms with Crippen LogP contribution in [0.2, 0.25) is 0 Å². The van der Waals surface area contributed by atoms with Gasteiger partial charge in [-0.05, 0) is 42.7 Å². The van der Waals surface area contributed by atoms with Gasteiger partial charge in [0.05, 0.1) is 30.4 Å². The highest BCUT2D eigenvalue weighted by Crippen LogP contribution is 2.32. The summed E-state index contributed by atoms with van der Waals surface area (Å²) < 4.78 is 10.5. The molecule has 2 aromatic rings. The molecule has 166 valence electrons. The van der Waals surface area contributed by atoms with Gasteiger partial charge in [0.1, 0.15) is 11.8 Å². The summed E-state index contributed by atoms with van der Waals surface area (Å²) in [5.41, 5.74) is 4.50. The molecule has 2 heterocycles. The number of carbonyl (C=O) groups is 1. The highest BCUT2D eigenvalue weighted by atomic mass is 16.6. The van der Waals surface area contributed by atoms with E-state index in [1.807, 2.05) is 32.0 Å². The summed E-state index contributed by atoms with van der Waals surface area (Å²) in [5, 5.41) is 13.8. The predicted molar refractivity (Wildman–Crippen MR) is 119 cm³/mol. The van der Waals surface area contributed by atoms with Gasteiger partial charge in [0, 0.05) is 26.1 Å². The molecule has 0 bridgehead atoms. The number of hydrogen-bond donors (Lipinski definition) is 0. The van der Waals surface area contributed by atoms with Gasteiger partial charge in [-0.2, -0.15) is 5.26 Å². The van der Waals surface area contributed by atoms with Crippen molar-refractivity contribution in [3.8, 4) is 11.8 Å². The van der Waals surface area contributed by atoms with Crippen molar-refractivity contribution in [2.75, 3.05) is 20.2 Å². The number of hydrogen-bond acceptors (Lipinski definition) is 7. The van der Waals surface area contributed by atoms with Crippen molar-refractivity contribution in [2.45, 2.75) is 39.0 Å². The number of nitrogens with zero attached hydrogens (tertiary/aromatic N) is 3. The van der Waals surface area contributed by atoms with Crippen LogP contribution in [0, 0.1) is 17.2 Å². The van der Waals surface area contributed by atoms with Crippen molar-refractivity contribution in [2.24, 2.45) is 11.1 Å². The fourth-order valence-electron chi connectivity index (χ4n) is 3.99. The summed E-state index contributed by atoms with van der Waals surface area (Å²) in [5.74, 6) is 0.448. The van der Waals surface area contributed by atoms with Crippen molar-refractivity contribution in [1.82, 2.24) is 4.90 Å². The number of methoxy groups -OCH3 is 1. The quantitative estimate of drug-likeness (QED) is 0.618. The second-order valence-electron chi connectivity index (χ2n) is 8.48. The number of carbonyl (C=O) groups excluding carboxylic acids is 1. The molecule has 2 aromatic carbocycles. The number of likely N-dealkylation sites (tertiary alicyclic amines) is 1. The summed E-state index contributed by atoms with van der Waals surface area (Å²) >= 11 is 0. The summed E-state index contributed by atoms with van der Waals surface area (Å²) in [6, 6.07) is 16.1. The fraction of sp³-hybridized carbons (Fsp3) is 0.400. The van der Waals surface area contributed by atoms with Crippen LogP contribution in [-0.2, 0) is 20.9 Å². The summed E-state index contributed by atoms with van der Waals surface area (Å²) in [7, 11) is 1.43. The van der Waals surface area contributed by atoms with Gasteiger partial charge in [0.2, 0.25) is 0 Å². The van der Waals surface area contributed by atoms with Crippen LogP contribution >= 0.6 is 0 Å². The van der Waals surface area contributed by atoms with Crippen LogP contribution in [0.1, 0.15) is 48.6 Å². The third-order valence-electron chi connectivity index (χ3n) is 5.71. The first kappa shape index (κ1) is 21.8. The van der Waals surface area contributed by atoms with E-state index in [0.29, 0.717) is 17.7 Å². The minimum atomic E-state index is -0.221. The molecule has 0 spiro atoms. The third-order valence-corrected chi connectivity index (χ3v) is 5.71. The molecule has 0 saturated carbocycles. The van der Waals surface area contributed by atoms with Crippen LogP contribution < -0.4 is 4.74 Å². The Morgan fingerprint density at radius 1 is 1.25 bits per heavy atom. The molecule has 2 aliphatic heterocycles. The molecule has 0 amide bonds. The minimum Gasteiger partial charge on any atom is -0.490 e. The zero-order valence-electron chi connectivity index (χ0n) is 18.6. The predicted octanol–water partition coefficient (Wildman–Crippen LogP) is 3.82. The van der Waals surface area contributed by atoms with E-state index in [-0.39, 0.29) is 24.1 Å². The Bertz CT molecular complexity index is 1050. The van der Waals surface area contributed by atoms with Crippen molar-refractivity contribution < 1.29 is 19.1 Å². The molecule has 0 N–H and O–H groups in total. The maximum atomic E-state index is 11.5. The van der Waals surface area contributed by atoms with Crippen LogP contribution in [0.25, 0.3) is 0 Å². The molecule has 1 saturated heterocycles. The Kier molecular flexibility index (Phi) is 6.42. The molecule has 32 heavy (non-hydrogen) atoms. The zero-order chi connectivity index (χ0) is 22.7. The smallest absolute Gasteiger partial charge is 0.311 e. The number of nitriles is 1. The number of esters is 1. The molecule has 1 fully saturated rings. The van der Waals surface area contributed by atoms with Crippen molar-refractivity contribution in [3.63, 3.8) is 0 Å². The van der Waals surface area contributed by atoms with Crippen molar-refractivity contribution in [3.05, 3.63) is 64.7 Å². The van der Waals surface area contributed by atoms with Crippen LogP contribution in [-0.4, -0.2) is 42.9 Å². The van der Waals surface area contributed by atoms with Gasteiger partial charge < -0.3 is 14.3 Å². The van der Waals surface area contributed by atoms with E-state index in [1.54, 1.807) is 0 Å². The SMILES string of the molecule is COC(=O)C1CN(Cc2ccc(C3=NOC(c4ccc(OC(C)C)c(C#N)c4)C3)cc2)C1. The first-order chi connectivity index (χ1) is 15.5. The molecule has 1 atom stereocenters. The molecule has 1 unspecified atom stereocenters. The van der Waals surface area contributed by atoms with Crippen LogP contribution in [0.5, 0.6) is 5.75 Å². The minimum absolute atomic E-state index is 0.00366. The summed E-state index contributed by atoms with van der Waals surface area (Å²) in [4.78, 5) is 19.4. The van der Waals surface area contributed by atoms with Gasteiger partial charge >= 0.3 is 5.97 Å². The van der Waals surface area contributed by atoms with E-state index in [9.17, 15) is 10.1 Å². The standard InChI is InChI=1S/C25H27N3O4/c1-16(2)31-23-9-8-19(10-20(23)12-26)24-11-22(27-32-24)18-6-4-17(5-7-18)13-28-14-21(15-28)25(29)30-3/h4-10,16,21,24H,11,13-15H2,1-3H3. The van der Waals surface area contributed by atoms with E-state index in [2.05, 4.69) is 40.4 Å². The lowest BCUT2D eigenvalue weighted by Gasteiger charge is -2.37. The van der Waals surface area contributed by atoms with Gasteiger partial charge in [0.25, 0.3) is 0 Å². The largest absolute Gasteiger partial charge is 0.490 e. The summed E-state index contributed by atoms with van der Waals surface area (Å²) in [6.45, 7) is 6.15. The second kappa shape index (κ2) is 9.41. The molecule has 7 heteroatoms. The van der Waals surface area contributed by atoms with E-state index >= 15 is 0 Å². The van der Waals surface area contributed by atoms with Gasteiger partial charge in [-0.1, -0.05) is 35.5 Å². The maximum absolute atomic E-state index is 11.5. The van der Waals surface area contributed by atoms with Gasteiger partial charge in [-0.3, -0.25) is 9.69 Å². The molecule has 2 aliphatic rings. The topological polar surface area (TPSA) is 84.2 Å². The Labute approximate surface area is 188 Å². The van der Waals surface area contributed by atoms with Crippen molar-refractivity contribution >= 4 is 11.7 Å². The lowest BCUT2D eigenvalue weighted by molar-refractivity contribution is -0.151. The normalized spacial score (nSPS) is 18.5. The average molecular weight is 434 g/mol. The van der Waals surface area contributed by atoms with E-state index in [4.69, 9.17) is 14.3 Å². The highest BCUT2D eigenvalue weighted by Gasteiger charge is 2.33. The lowest BCUT2D eigenvalue weighted by Crippen LogP contribution is -2.49. The van der Waals surface area contributed by atoms with E-state index in [0.717, 1.165) is 36.5 Å². The van der Waals surface area contributed by atoms with Crippen LogP contribution in [0.4, 0.5) is 0 Å². The van der Waals surface area contributed by atoms with Gasteiger partial charge in [-0.25, -0.2) is 0 Å². The Morgan fingerprint density at radius 2 is 2.00 bits per heavy atom. The molecule has 7 nitrogen and oxygen atoms in total. The van der Waals surface area contributed by atoms with E-state index in [1.165, 1.54) is 12.7 Å². The molecule has 0 aliphatic carbocycles. The molecule has 0 radical (unpaired) electrons. The first-order valence-electron chi connectivity index (χ1n) is 10.8.